The molecule has 1 N–H and O–H groups in total. The number of amides is 1. The van der Waals surface area contributed by atoms with Gasteiger partial charge in [0, 0.05) is 18.3 Å². The molecule has 0 bridgehead atoms. The van der Waals surface area contributed by atoms with Crippen LogP contribution in [0.4, 0.5) is 5.69 Å². The Bertz CT molecular complexity index is 711. The maximum absolute atomic E-state index is 12.3. The summed E-state index contributed by atoms with van der Waals surface area (Å²) in [7, 11) is 2.19. The third kappa shape index (κ3) is 6.19. The Kier molecular flexibility index (Phi) is 7.43. The van der Waals surface area contributed by atoms with Crippen molar-refractivity contribution in [2.75, 3.05) is 19.0 Å². The normalized spacial score (nSPS) is 15.0. The monoisotopic (exact) mass is 366 g/mol. The van der Waals surface area contributed by atoms with Crippen molar-refractivity contribution in [3.8, 4) is 0 Å². The molecule has 0 saturated heterocycles. The van der Waals surface area contributed by atoms with E-state index < -0.39 is 0 Å². The van der Waals surface area contributed by atoms with Gasteiger partial charge in [0.25, 0.3) is 0 Å². The molecule has 3 rings (SSSR count). The molecule has 0 spiro atoms. The second kappa shape index (κ2) is 10.2. The highest BCUT2D eigenvalue weighted by molar-refractivity contribution is 5.92. The first-order valence-corrected chi connectivity index (χ1v) is 9.92. The minimum absolute atomic E-state index is 0.0572. The number of hydrogen-bond donors (Lipinski definition) is 1. The maximum Gasteiger partial charge on any atom is 0.250 e. The first-order valence-electron chi connectivity index (χ1n) is 9.92. The molecule has 4 nitrogen and oxygen atoms in total. The lowest BCUT2D eigenvalue weighted by molar-refractivity contribution is -0.121. The summed E-state index contributed by atoms with van der Waals surface area (Å²) in [6.07, 6.45) is 6.56. The van der Waals surface area contributed by atoms with E-state index in [-0.39, 0.29) is 12.5 Å². The number of nitrogens with zero attached hydrogens (tertiary/aromatic N) is 1. The van der Waals surface area contributed by atoms with Gasteiger partial charge in [0.2, 0.25) is 5.91 Å². The number of ether oxygens (including phenoxy) is 1. The SMILES string of the molecule is CN(Cc1ccccc1NC(=O)COCc1ccccc1)C1CCCCC1. The molecule has 0 unspecified atom stereocenters. The van der Waals surface area contributed by atoms with Crippen molar-refractivity contribution >= 4 is 11.6 Å². The number of carbonyl (C=O) groups excluding carboxylic acids is 1. The summed E-state index contributed by atoms with van der Waals surface area (Å²) in [5.41, 5.74) is 3.11. The average Bonchev–Trinajstić information content (AvgIpc) is 2.71. The minimum atomic E-state index is -0.112. The fourth-order valence-corrected chi connectivity index (χ4v) is 3.72. The summed E-state index contributed by atoms with van der Waals surface area (Å²) < 4.78 is 5.55. The van der Waals surface area contributed by atoms with E-state index in [0.717, 1.165) is 23.4 Å². The molecule has 1 amide bonds. The van der Waals surface area contributed by atoms with E-state index in [0.29, 0.717) is 12.6 Å². The van der Waals surface area contributed by atoms with E-state index in [1.165, 1.54) is 32.1 Å². The van der Waals surface area contributed by atoms with Crippen molar-refractivity contribution < 1.29 is 9.53 Å². The molecule has 0 radical (unpaired) electrons. The van der Waals surface area contributed by atoms with Crippen LogP contribution < -0.4 is 5.32 Å². The summed E-state index contributed by atoms with van der Waals surface area (Å²) in [4.78, 5) is 14.7. The number of anilines is 1. The van der Waals surface area contributed by atoms with Gasteiger partial charge in [0.05, 0.1) is 6.61 Å². The smallest absolute Gasteiger partial charge is 0.250 e. The Morgan fingerprint density at radius 2 is 1.74 bits per heavy atom. The van der Waals surface area contributed by atoms with E-state index in [4.69, 9.17) is 4.74 Å². The van der Waals surface area contributed by atoms with Crippen molar-refractivity contribution in [3.05, 3.63) is 65.7 Å². The molecule has 1 fully saturated rings. The van der Waals surface area contributed by atoms with Crippen molar-refractivity contribution in [3.63, 3.8) is 0 Å². The number of carbonyl (C=O) groups is 1. The van der Waals surface area contributed by atoms with Crippen molar-refractivity contribution in [2.45, 2.75) is 51.3 Å². The summed E-state index contributed by atoms with van der Waals surface area (Å²) in [6, 6.07) is 18.6. The van der Waals surface area contributed by atoms with Gasteiger partial charge >= 0.3 is 0 Å². The Morgan fingerprint density at radius 1 is 1.04 bits per heavy atom. The zero-order valence-electron chi connectivity index (χ0n) is 16.2. The van der Waals surface area contributed by atoms with Gasteiger partial charge in [-0.15, -0.1) is 0 Å². The quantitative estimate of drug-likeness (QED) is 0.742. The third-order valence-electron chi connectivity index (χ3n) is 5.25. The van der Waals surface area contributed by atoms with Gasteiger partial charge in [-0.2, -0.15) is 0 Å². The topological polar surface area (TPSA) is 41.6 Å². The molecule has 1 saturated carbocycles. The van der Waals surface area contributed by atoms with Crippen molar-refractivity contribution in [1.82, 2.24) is 4.90 Å². The van der Waals surface area contributed by atoms with E-state index in [1.54, 1.807) is 0 Å². The lowest BCUT2D eigenvalue weighted by Crippen LogP contribution is -2.33. The molecular formula is C23H30N2O2. The third-order valence-corrected chi connectivity index (χ3v) is 5.25. The van der Waals surface area contributed by atoms with E-state index in [2.05, 4.69) is 23.3 Å². The Balaban J connectivity index is 1.51. The molecule has 2 aromatic carbocycles. The van der Waals surface area contributed by atoms with Crippen LogP contribution in [0.1, 0.15) is 43.2 Å². The average molecular weight is 367 g/mol. The fraction of sp³-hybridized carbons (Fsp3) is 0.435. The molecule has 1 aliphatic rings. The first kappa shape index (κ1) is 19.6. The molecule has 1 aliphatic carbocycles. The van der Waals surface area contributed by atoms with Crippen LogP contribution in [-0.4, -0.2) is 30.5 Å². The van der Waals surface area contributed by atoms with Gasteiger partial charge in [0.15, 0.2) is 0 Å². The van der Waals surface area contributed by atoms with Crippen LogP contribution in [0.2, 0.25) is 0 Å². The molecule has 0 heterocycles. The summed E-state index contributed by atoms with van der Waals surface area (Å²) in [5.74, 6) is -0.112. The molecule has 2 aromatic rings. The lowest BCUT2D eigenvalue weighted by atomic mass is 9.94. The lowest BCUT2D eigenvalue weighted by Gasteiger charge is -2.31. The molecule has 27 heavy (non-hydrogen) atoms. The predicted octanol–water partition coefficient (Wildman–Crippen LogP) is 4.61. The highest BCUT2D eigenvalue weighted by Gasteiger charge is 2.19. The molecule has 4 heteroatoms. The number of para-hydroxylation sites is 1. The van der Waals surface area contributed by atoms with Crippen molar-refractivity contribution in [1.29, 1.82) is 0 Å². The minimum Gasteiger partial charge on any atom is -0.367 e. The highest BCUT2D eigenvalue weighted by Crippen LogP contribution is 2.24. The molecule has 0 atom stereocenters. The largest absolute Gasteiger partial charge is 0.367 e. The van der Waals surface area contributed by atoms with E-state index >= 15 is 0 Å². The second-order valence-corrected chi connectivity index (χ2v) is 7.39. The van der Waals surface area contributed by atoms with Gasteiger partial charge in [-0.25, -0.2) is 0 Å². The van der Waals surface area contributed by atoms with Gasteiger partial charge in [-0.1, -0.05) is 67.8 Å². The zero-order valence-corrected chi connectivity index (χ0v) is 16.2. The number of rotatable bonds is 8. The van der Waals surface area contributed by atoms with Crippen LogP contribution in [0.15, 0.2) is 54.6 Å². The van der Waals surface area contributed by atoms with Crippen LogP contribution >= 0.6 is 0 Å². The number of benzene rings is 2. The van der Waals surface area contributed by atoms with Gasteiger partial charge in [0.1, 0.15) is 6.61 Å². The number of hydrogen-bond acceptors (Lipinski definition) is 3. The molecule has 144 valence electrons. The van der Waals surface area contributed by atoms with E-state index in [1.807, 2.05) is 48.5 Å². The Morgan fingerprint density at radius 3 is 2.52 bits per heavy atom. The van der Waals surface area contributed by atoms with E-state index in [9.17, 15) is 4.79 Å². The molecular weight excluding hydrogens is 336 g/mol. The first-order chi connectivity index (χ1) is 13.2. The second-order valence-electron chi connectivity index (χ2n) is 7.39. The predicted molar refractivity (Wildman–Crippen MR) is 110 cm³/mol. The fourth-order valence-electron chi connectivity index (χ4n) is 3.72. The molecule has 0 aliphatic heterocycles. The number of nitrogens with one attached hydrogen (secondary N) is 1. The van der Waals surface area contributed by atoms with Gasteiger partial charge in [-0.05, 0) is 37.1 Å². The van der Waals surface area contributed by atoms with Crippen LogP contribution in [0.5, 0.6) is 0 Å². The van der Waals surface area contributed by atoms with Crippen LogP contribution in [0.25, 0.3) is 0 Å². The summed E-state index contributed by atoms with van der Waals surface area (Å²) in [5, 5.41) is 3.01. The molecule has 0 aromatic heterocycles. The highest BCUT2D eigenvalue weighted by atomic mass is 16.5. The zero-order chi connectivity index (χ0) is 18.9. The van der Waals surface area contributed by atoms with Crippen LogP contribution in [-0.2, 0) is 22.7 Å². The van der Waals surface area contributed by atoms with Crippen LogP contribution in [0.3, 0.4) is 0 Å². The Labute approximate surface area is 162 Å². The van der Waals surface area contributed by atoms with Gasteiger partial charge in [-0.3, -0.25) is 9.69 Å². The van der Waals surface area contributed by atoms with Crippen molar-refractivity contribution in [2.24, 2.45) is 0 Å². The summed E-state index contributed by atoms with van der Waals surface area (Å²) >= 11 is 0. The standard InChI is InChI=1S/C23H30N2O2/c1-25(21-13-6-3-7-14-21)16-20-12-8-9-15-22(20)24-23(26)18-27-17-19-10-4-2-5-11-19/h2,4-5,8-12,15,21H,3,6-7,13-14,16-18H2,1H3,(H,24,26). The Hall–Kier alpha value is -2.17. The summed E-state index contributed by atoms with van der Waals surface area (Å²) in [6.45, 7) is 1.36. The maximum atomic E-state index is 12.3. The van der Waals surface area contributed by atoms with Crippen LogP contribution in [0, 0.1) is 0 Å². The van der Waals surface area contributed by atoms with Gasteiger partial charge < -0.3 is 10.1 Å².